The van der Waals surface area contributed by atoms with Crippen LogP contribution < -0.4 is 10.6 Å². The molecule has 0 saturated carbocycles. The van der Waals surface area contributed by atoms with Crippen LogP contribution in [-0.4, -0.2) is 60.6 Å². The van der Waals surface area contributed by atoms with Gasteiger partial charge >= 0.3 is 6.09 Å². The number of carbonyl (C=O) groups is 2. The molecule has 5 rings (SSSR count). The number of thiazole rings is 1. The van der Waals surface area contributed by atoms with E-state index in [9.17, 15) is 23.1 Å². The highest BCUT2D eigenvalue weighted by molar-refractivity contribution is 7.89. The number of alkyl carbamates (subject to hydrolysis) is 1. The number of rotatable bonds is 13. The fourth-order valence-corrected chi connectivity index (χ4v) is 9.14. The second-order valence-electron chi connectivity index (χ2n) is 11.0. The van der Waals surface area contributed by atoms with Gasteiger partial charge in [-0.1, -0.05) is 60.7 Å². The minimum atomic E-state index is -4.01. The molecule has 2 atom stereocenters. The number of aliphatic hydroxyl groups excluding tert-OH is 1. The maximum absolute atomic E-state index is 13.9. The molecule has 0 fully saturated rings. The second-order valence-corrected chi connectivity index (χ2v) is 15.0. The first-order valence-corrected chi connectivity index (χ1v) is 18.1. The van der Waals surface area contributed by atoms with Crippen LogP contribution in [0, 0.1) is 0 Å². The van der Waals surface area contributed by atoms with Gasteiger partial charge < -0.3 is 20.5 Å². The highest BCUT2D eigenvalue weighted by Crippen LogP contribution is 2.35. The van der Waals surface area contributed by atoms with Crippen molar-refractivity contribution < 1.29 is 27.9 Å². The Bertz CT molecular complexity index is 1870. The average Bonchev–Trinajstić information content (AvgIpc) is 3.76. The van der Waals surface area contributed by atoms with E-state index in [1.165, 1.54) is 34.1 Å². The number of hydrogen-bond acceptors (Lipinski definition) is 9. The molecule has 2 aromatic heterocycles. The number of nitrogens with one attached hydrogen (secondary N) is 2. The van der Waals surface area contributed by atoms with Crippen LogP contribution >= 0.6 is 22.7 Å². The quantitative estimate of drug-likeness (QED) is 0.145. The molecule has 2 amide bonds. The van der Waals surface area contributed by atoms with Crippen LogP contribution in [0.15, 0.2) is 101 Å². The third kappa shape index (κ3) is 7.71. The van der Waals surface area contributed by atoms with Gasteiger partial charge in [-0.05, 0) is 55.3 Å². The largest absolute Gasteiger partial charge is 0.453 e. The molecule has 0 spiro atoms. The Morgan fingerprint density at radius 2 is 1.62 bits per heavy atom. The Hall–Kier alpha value is -4.14. The van der Waals surface area contributed by atoms with Crippen molar-refractivity contribution in [3.05, 3.63) is 117 Å². The summed E-state index contributed by atoms with van der Waals surface area (Å²) in [6.45, 7) is 3.21. The lowest BCUT2D eigenvalue weighted by atomic mass is 9.84. The minimum absolute atomic E-state index is 0.0997. The van der Waals surface area contributed by atoms with Crippen molar-refractivity contribution in [3.8, 4) is 0 Å². The van der Waals surface area contributed by atoms with Gasteiger partial charge in [0, 0.05) is 21.7 Å². The van der Waals surface area contributed by atoms with E-state index < -0.39 is 52.7 Å². The number of hydrogen-bond donors (Lipinski definition) is 3. The van der Waals surface area contributed by atoms with Gasteiger partial charge in [0.2, 0.25) is 15.9 Å². The molecule has 246 valence electrons. The number of sulfonamides is 1. The lowest BCUT2D eigenvalue weighted by Crippen LogP contribution is -2.50. The zero-order valence-electron chi connectivity index (χ0n) is 26.1. The molecule has 0 aliphatic carbocycles. The first-order valence-electron chi connectivity index (χ1n) is 14.9. The molecule has 0 bridgehead atoms. The number of benzene rings is 3. The summed E-state index contributed by atoms with van der Waals surface area (Å²) in [6.07, 6.45) is -0.741. The third-order valence-electron chi connectivity index (χ3n) is 7.71. The van der Waals surface area contributed by atoms with E-state index in [1.54, 1.807) is 49.7 Å². The number of aromatic nitrogens is 1. The smallest absolute Gasteiger partial charge is 0.407 e. The van der Waals surface area contributed by atoms with Crippen LogP contribution in [-0.2, 0) is 26.1 Å². The van der Waals surface area contributed by atoms with E-state index in [0.717, 1.165) is 20.7 Å². The Morgan fingerprint density at radius 1 is 0.957 bits per heavy atom. The lowest BCUT2D eigenvalue weighted by Gasteiger charge is -2.32. The van der Waals surface area contributed by atoms with Crippen molar-refractivity contribution in [1.29, 1.82) is 0 Å². The summed E-state index contributed by atoms with van der Waals surface area (Å²) < 4.78 is 34.9. The highest BCUT2D eigenvalue weighted by Gasteiger charge is 2.36. The van der Waals surface area contributed by atoms with Gasteiger partial charge in [0.15, 0.2) is 0 Å². The van der Waals surface area contributed by atoms with Crippen molar-refractivity contribution in [2.45, 2.75) is 49.3 Å². The monoisotopic (exact) mass is 692 g/mol. The Morgan fingerprint density at radius 3 is 2.21 bits per heavy atom. The van der Waals surface area contributed by atoms with E-state index in [4.69, 9.17) is 4.74 Å². The van der Waals surface area contributed by atoms with E-state index in [1.807, 2.05) is 60.7 Å². The normalized spacial score (nSPS) is 13.2. The minimum Gasteiger partial charge on any atom is -0.453 e. The van der Waals surface area contributed by atoms with Gasteiger partial charge in [-0.25, -0.2) is 18.2 Å². The molecular weight excluding hydrogens is 657 g/mol. The topological polar surface area (TPSA) is 138 Å². The first-order chi connectivity index (χ1) is 22.6. The maximum atomic E-state index is 13.9. The molecule has 0 aliphatic heterocycles. The zero-order valence-corrected chi connectivity index (χ0v) is 28.5. The van der Waals surface area contributed by atoms with Gasteiger partial charge in [-0.2, -0.15) is 4.31 Å². The Balaban J connectivity index is 1.38. The predicted octanol–water partition coefficient (Wildman–Crippen LogP) is 5.66. The summed E-state index contributed by atoms with van der Waals surface area (Å²) in [7, 11) is -2.77. The van der Waals surface area contributed by atoms with E-state index in [2.05, 4.69) is 15.6 Å². The molecule has 0 unspecified atom stereocenters. The molecule has 47 heavy (non-hydrogen) atoms. The van der Waals surface area contributed by atoms with Crippen molar-refractivity contribution in [1.82, 2.24) is 19.9 Å². The van der Waals surface area contributed by atoms with Crippen LogP contribution in [0.4, 0.5) is 4.79 Å². The van der Waals surface area contributed by atoms with Crippen molar-refractivity contribution in [2.24, 2.45) is 0 Å². The highest BCUT2D eigenvalue weighted by atomic mass is 32.2. The number of ether oxygens (including phenoxy) is 1. The van der Waals surface area contributed by atoms with Gasteiger partial charge in [-0.3, -0.25) is 4.79 Å². The molecule has 0 aliphatic rings. The molecule has 10 nitrogen and oxygen atoms in total. The molecule has 3 N–H and O–H groups in total. The number of carbonyl (C=O) groups excluding carboxylic acids is 2. The third-order valence-corrected chi connectivity index (χ3v) is 11.8. The molecule has 0 saturated heterocycles. The Labute approximate surface area is 282 Å². The fourth-order valence-electron chi connectivity index (χ4n) is 5.56. The predicted molar refractivity (Wildman–Crippen MR) is 184 cm³/mol. The molecule has 13 heteroatoms. The van der Waals surface area contributed by atoms with Crippen molar-refractivity contribution in [3.63, 3.8) is 0 Å². The summed E-state index contributed by atoms with van der Waals surface area (Å²) >= 11 is 2.72. The van der Waals surface area contributed by atoms with Gasteiger partial charge in [-0.15, -0.1) is 22.7 Å². The SMILES string of the molecule is COC(=O)N[C@H](C(=O)NCc1ccc([C@H](CO)N(C(C)C)S(=O)(=O)c2ccc3scnc3c2)s1)C(c1ccccc1)c1ccccc1. The van der Waals surface area contributed by atoms with Crippen LogP contribution in [0.5, 0.6) is 0 Å². The molecule has 5 aromatic rings. The number of nitrogens with zero attached hydrogens (tertiary/aromatic N) is 2. The molecule has 0 radical (unpaired) electrons. The van der Waals surface area contributed by atoms with Crippen molar-refractivity contribution in [2.75, 3.05) is 13.7 Å². The Kier molecular flexibility index (Phi) is 11.0. The molecular formula is C34H36N4O6S3. The number of fused-ring (bicyclic) bond motifs is 1. The van der Waals surface area contributed by atoms with Crippen LogP contribution in [0.3, 0.4) is 0 Å². The first kappa shape index (κ1) is 34.2. The van der Waals surface area contributed by atoms with E-state index in [-0.39, 0.29) is 11.4 Å². The zero-order chi connectivity index (χ0) is 33.6. The molecule has 2 heterocycles. The number of aliphatic hydroxyl groups is 1. The summed E-state index contributed by atoms with van der Waals surface area (Å²) in [5.74, 6) is -0.937. The maximum Gasteiger partial charge on any atom is 0.407 e. The van der Waals surface area contributed by atoms with Gasteiger partial charge in [0.1, 0.15) is 6.04 Å². The van der Waals surface area contributed by atoms with Gasteiger partial charge in [0.05, 0.1) is 46.9 Å². The fraction of sp³-hybridized carbons (Fsp3) is 0.265. The summed E-state index contributed by atoms with van der Waals surface area (Å²) in [4.78, 5) is 32.0. The summed E-state index contributed by atoms with van der Waals surface area (Å²) in [5.41, 5.74) is 3.93. The van der Waals surface area contributed by atoms with Crippen molar-refractivity contribution >= 4 is 54.9 Å². The van der Waals surface area contributed by atoms with Crippen LogP contribution in [0.25, 0.3) is 10.2 Å². The van der Waals surface area contributed by atoms with E-state index in [0.29, 0.717) is 10.4 Å². The average molecular weight is 693 g/mol. The lowest BCUT2D eigenvalue weighted by molar-refractivity contribution is -0.123. The number of amides is 2. The van der Waals surface area contributed by atoms with Gasteiger partial charge in [0.25, 0.3) is 0 Å². The number of thiophene rings is 1. The molecule has 3 aromatic carbocycles. The van der Waals surface area contributed by atoms with Crippen LogP contribution in [0.2, 0.25) is 0 Å². The summed E-state index contributed by atoms with van der Waals surface area (Å²) in [6, 6.07) is 25.0. The van der Waals surface area contributed by atoms with E-state index >= 15 is 0 Å². The number of methoxy groups -OCH3 is 1. The standard InChI is InChI=1S/C34H36N4O6S3/c1-22(2)38(47(42,43)26-15-17-29-27(18-26)36-21-45-29)28(20-39)30-16-14-25(46-30)19-35-33(40)32(37-34(41)44-3)31(23-10-6-4-7-11-23)24-12-8-5-9-13-24/h4-18,21-22,28,31-32,39H,19-20H2,1-3H3,(H,35,40)(H,37,41)/t28-,32-/m0/s1. The second kappa shape index (κ2) is 15.2. The van der Waals surface area contributed by atoms with Crippen LogP contribution in [0.1, 0.15) is 46.7 Å². The summed E-state index contributed by atoms with van der Waals surface area (Å²) in [5, 5.41) is 16.2.